The summed E-state index contributed by atoms with van der Waals surface area (Å²) < 4.78 is 1.98. The van der Waals surface area contributed by atoms with Gasteiger partial charge in [0.25, 0.3) is 0 Å². The van der Waals surface area contributed by atoms with E-state index in [-0.39, 0.29) is 6.04 Å². The zero-order valence-corrected chi connectivity index (χ0v) is 11.7. The second-order valence-corrected chi connectivity index (χ2v) is 4.79. The number of hydrazine groups is 1. The maximum absolute atomic E-state index is 5.74. The van der Waals surface area contributed by atoms with Crippen LogP contribution in [0.25, 0.3) is 0 Å². The van der Waals surface area contributed by atoms with Crippen molar-refractivity contribution in [1.82, 2.24) is 20.2 Å². The van der Waals surface area contributed by atoms with E-state index in [2.05, 4.69) is 35.4 Å². The molecule has 2 aromatic rings. The van der Waals surface area contributed by atoms with E-state index in [1.165, 1.54) is 0 Å². The van der Waals surface area contributed by atoms with Gasteiger partial charge in [-0.15, -0.1) is 0 Å². The van der Waals surface area contributed by atoms with Gasteiger partial charge in [-0.05, 0) is 37.5 Å². The third kappa shape index (κ3) is 2.83. The predicted octanol–water partition coefficient (Wildman–Crippen LogP) is 1.86. The number of hydrogen-bond donors (Lipinski definition) is 2. The number of nitrogens with one attached hydrogen (secondary N) is 1. The maximum atomic E-state index is 5.74. The van der Waals surface area contributed by atoms with Gasteiger partial charge in [0.1, 0.15) is 6.04 Å². The largest absolute Gasteiger partial charge is 0.270 e. The molecule has 0 bridgehead atoms. The molecule has 3 N–H and O–H groups in total. The highest BCUT2D eigenvalue weighted by molar-refractivity contribution is 5.30. The van der Waals surface area contributed by atoms with Crippen molar-refractivity contribution in [2.45, 2.75) is 39.8 Å². The molecule has 0 fully saturated rings. The molecule has 0 aliphatic heterocycles. The van der Waals surface area contributed by atoms with Gasteiger partial charge in [0, 0.05) is 18.9 Å². The lowest BCUT2D eigenvalue weighted by Crippen LogP contribution is -2.32. The summed E-state index contributed by atoms with van der Waals surface area (Å²) in [6.07, 6.45) is 4.71. The molecule has 102 valence electrons. The Hall–Kier alpha value is -1.72. The molecule has 19 heavy (non-hydrogen) atoms. The summed E-state index contributed by atoms with van der Waals surface area (Å²) in [6, 6.07) is 3.98. The Kier molecular flexibility index (Phi) is 4.29. The van der Waals surface area contributed by atoms with Crippen LogP contribution in [-0.4, -0.2) is 14.8 Å². The molecule has 5 nitrogen and oxygen atoms in total. The van der Waals surface area contributed by atoms with Crippen molar-refractivity contribution in [2.24, 2.45) is 5.84 Å². The number of aryl methyl sites for hydroxylation is 3. The van der Waals surface area contributed by atoms with Gasteiger partial charge in [0.15, 0.2) is 0 Å². The molecule has 0 amide bonds. The number of aromatic nitrogens is 3. The summed E-state index contributed by atoms with van der Waals surface area (Å²) in [4.78, 5) is 4.52. The Morgan fingerprint density at radius 2 is 2.21 bits per heavy atom. The molecule has 1 atom stereocenters. The first-order valence-electron chi connectivity index (χ1n) is 6.58. The molecule has 0 radical (unpaired) electrons. The standard InChI is InChI=1S/C14H21N5/c1-4-7-19-12(5-6-17-19)14(18-15)13-11(3)8-10(2)9-16-13/h5-6,8-9,14,18H,4,7,15H2,1-3H3. The summed E-state index contributed by atoms with van der Waals surface area (Å²) in [6.45, 7) is 7.10. The number of rotatable bonds is 5. The number of hydrogen-bond acceptors (Lipinski definition) is 4. The molecule has 0 aromatic carbocycles. The van der Waals surface area contributed by atoms with Crippen molar-refractivity contribution in [2.75, 3.05) is 0 Å². The van der Waals surface area contributed by atoms with Gasteiger partial charge < -0.3 is 0 Å². The van der Waals surface area contributed by atoms with Crippen LogP contribution in [0.2, 0.25) is 0 Å². The molecule has 2 aromatic heterocycles. The first kappa shape index (κ1) is 13.7. The second-order valence-electron chi connectivity index (χ2n) is 4.79. The second kappa shape index (κ2) is 5.95. The van der Waals surface area contributed by atoms with E-state index in [1.54, 1.807) is 6.20 Å². The highest BCUT2D eigenvalue weighted by atomic mass is 15.3. The Morgan fingerprint density at radius 1 is 1.42 bits per heavy atom. The fourth-order valence-corrected chi connectivity index (χ4v) is 2.32. The Bertz CT molecular complexity index is 547. The fraction of sp³-hybridized carbons (Fsp3) is 0.429. The van der Waals surface area contributed by atoms with Crippen molar-refractivity contribution in [3.63, 3.8) is 0 Å². The fourth-order valence-electron chi connectivity index (χ4n) is 2.32. The Balaban J connectivity index is 2.41. The molecule has 2 rings (SSSR count). The summed E-state index contributed by atoms with van der Waals surface area (Å²) in [5, 5.41) is 4.34. The van der Waals surface area contributed by atoms with Crippen LogP contribution < -0.4 is 11.3 Å². The SMILES string of the molecule is CCCn1nccc1C(NN)c1ncc(C)cc1C. The minimum atomic E-state index is -0.130. The lowest BCUT2D eigenvalue weighted by Gasteiger charge is -2.19. The molecule has 0 saturated heterocycles. The Morgan fingerprint density at radius 3 is 2.84 bits per heavy atom. The minimum absolute atomic E-state index is 0.130. The predicted molar refractivity (Wildman–Crippen MR) is 75.4 cm³/mol. The lowest BCUT2D eigenvalue weighted by atomic mass is 10.0. The van der Waals surface area contributed by atoms with E-state index < -0.39 is 0 Å². The summed E-state index contributed by atoms with van der Waals surface area (Å²) >= 11 is 0. The topological polar surface area (TPSA) is 68.8 Å². The van der Waals surface area contributed by atoms with E-state index in [4.69, 9.17) is 5.84 Å². The number of pyridine rings is 1. The van der Waals surface area contributed by atoms with Gasteiger partial charge in [-0.1, -0.05) is 13.0 Å². The maximum Gasteiger partial charge on any atom is 0.105 e. The van der Waals surface area contributed by atoms with Crippen molar-refractivity contribution in [3.8, 4) is 0 Å². The van der Waals surface area contributed by atoms with E-state index in [1.807, 2.05) is 23.9 Å². The highest BCUT2D eigenvalue weighted by Gasteiger charge is 2.19. The summed E-state index contributed by atoms with van der Waals surface area (Å²) in [5.74, 6) is 5.74. The highest BCUT2D eigenvalue weighted by Crippen LogP contribution is 2.22. The van der Waals surface area contributed by atoms with E-state index in [0.29, 0.717) is 0 Å². The smallest absolute Gasteiger partial charge is 0.105 e. The van der Waals surface area contributed by atoms with Gasteiger partial charge >= 0.3 is 0 Å². The van der Waals surface area contributed by atoms with E-state index in [0.717, 1.165) is 35.5 Å². The molecular weight excluding hydrogens is 238 g/mol. The van der Waals surface area contributed by atoms with Crippen molar-refractivity contribution >= 4 is 0 Å². The van der Waals surface area contributed by atoms with E-state index >= 15 is 0 Å². The number of nitrogens with zero attached hydrogens (tertiary/aromatic N) is 3. The molecule has 5 heteroatoms. The van der Waals surface area contributed by atoms with Gasteiger partial charge in [-0.25, -0.2) is 5.43 Å². The molecule has 1 unspecified atom stereocenters. The monoisotopic (exact) mass is 259 g/mol. The van der Waals surface area contributed by atoms with Crippen LogP contribution in [-0.2, 0) is 6.54 Å². The van der Waals surface area contributed by atoms with Gasteiger partial charge in [-0.2, -0.15) is 5.10 Å². The lowest BCUT2D eigenvalue weighted by molar-refractivity contribution is 0.513. The molecule has 0 aliphatic rings. The normalized spacial score (nSPS) is 12.6. The first-order chi connectivity index (χ1) is 9.17. The molecular formula is C14H21N5. The zero-order chi connectivity index (χ0) is 13.8. The van der Waals surface area contributed by atoms with Crippen LogP contribution in [0.5, 0.6) is 0 Å². The third-order valence-electron chi connectivity index (χ3n) is 3.18. The molecule has 0 aliphatic carbocycles. The summed E-state index contributed by atoms with van der Waals surface area (Å²) in [5.41, 5.74) is 7.14. The van der Waals surface area contributed by atoms with Crippen molar-refractivity contribution in [1.29, 1.82) is 0 Å². The average molecular weight is 259 g/mol. The van der Waals surface area contributed by atoms with Crippen LogP contribution in [0.1, 0.15) is 41.9 Å². The summed E-state index contributed by atoms with van der Waals surface area (Å²) in [7, 11) is 0. The minimum Gasteiger partial charge on any atom is -0.270 e. The first-order valence-corrected chi connectivity index (χ1v) is 6.58. The van der Waals surface area contributed by atoms with E-state index in [9.17, 15) is 0 Å². The van der Waals surface area contributed by atoms with Crippen molar-refractivity contribution in [3.05, 3.63) is 47.0 Å². The Labute approximate surface area is 113 Å². The van der Waals surface area contributed by atoms with Crippen LogP contribution in [0.15, 0.2) is 24.5 Å². The van der Waals surface area contributed by atoms with Crippen LogP contribution >= 0.6 is 0 Å². The van der Waals surface area contributed by atoms with Crippen LogP contribution in [0.3, 0.4) is 0 Å². The van der Waals surface area contributed by atoms with Crippen molar-refractivity contribution < 1.29 is 0 Å². The quantitative estimate of drug-likeness (QED) is 0.635. The van der Waals surface area contributed by atoms with Crippen LogP contribution in [0, 0.1) is 13.8 Å². The van der Waals surface area contributed by atoms with Crippen LogP contribution in [0.4, 0.5) is 0 Å². The van der Waals surface area contributed by atoms with Gasteiger partial charge in [-0.3, -0.25) is 15.5 Å². The molecule has 0 spiro atoms. The number of nitrogens with two attached hydrogens (primary N) is 1. The molecule has 0 saturated carbocycles. The zero-order valence-electron chi connectivity index (χ0n) is 11.7. The van der Waals surface area contributed by atoms with Gasteiger partial charge in [0.2, 0.25) is 0 Å². The average Bonchev–Trinajstić information content (AvgIpc) is 2.82. The van der Waals surface area contributed by atoms with Gasteiger partial charge in [0.05, 0.1) is 11.4 Å². The third-order valence-corrected chi connectivity index (χ3v) is 3.18. The molecule has 2 heterocycles.